The van der Waals surface area contributed by atoms with Gasteiger partial charge in [-0.25, -0.2) is 0 Å². The Balaban J connectivity index is 2.79. The molecule has 0 saturated carbocycles. The third-order valence-electron chi connectivity index (χ3n) is 2.90. The molecule has 0 radical (unpaired) electrons. The minimum Gasteiger partial charge on any atom is -0.395 e. The first-order chi connectivity index (χ1) is 6.73. The maximum absolute atomic E-state index is 9.47. The van der Waals surface area contributed by atoms with Gasteiger partial charge in [-0.2, -0.15) is 0 Å². The summed E-state index contributed by atoms with van der Waals surface area (Å²) in [6.07, 6.45) is 3.42. The van der Waals surface area contributed by atoms with Crippen molar-refractivity contribution in [1.29, 1.82) is 0 Å². The fourth-order valence-electron chi connectivity index (χ4n) is 1.72. The van der Waals surface area contributed by atoms with E-state index in [-0.39, 0.29) is 12.0 Å². The van der Waals surface area contributed by atoms with Crippen molar-refractivity contribution in [2.75, 3.05) is 6.61 Å². The standard InChI is InChI=1S/C13H20O/c1-3-4-10-13(2,11-14)12-8-6-5-7-9-12/h5-9,14H,3-4,10-11H2,1-2H3/t13-/m0/s1. The van der Waals surface area contributed by atoms with Crippen molar-refractivity contribution in [2.24, 2.45) is 0 Å². The lowest BCUT2D eigenvalue weighted by Crippen LogP contribution is -2.26. The van der Waals surface area contributed by atoms with Crippen molar-refractivity contribution >= 4 is 0 Å². The Bertz CT molecular complexity index is 255. The van der Waals surface area contributed by atoms with Gasteiger partial charge in [0.1, 0.15) is 0 Å². The molecule has 1 heteroatoms. The number of unbranched alkanes of at least 4 members (excludes halogenated alkanes) is 1. The van der Waals surface area contributed by atoms with Gasteiger partial charge in [0.2, 0.25) is 0 Å². The molecule has 1 atom stereocenters. The number of hydrogen-bond acceptors (Lipinski definition) is 1. The molecule has 0 heterocycles. The van der Waals surface area contributed by atoms with Crippen LogP contribution in [-0.2, 0) is 5.41 Å². The van der Waals surface area contributed by atoms with Gasteiger partial charge in [-0.1, -0.05) is 57.0 Å². The second-order valence-corrected chi connectivity index (χ2v) is 4.19. The van der Waals surface area contributed by atoms with E-state index in [0.717, 1.165) is 6.42 Å². The van der Waals surface area contributed by atoms with Gasteiger partial charge >= 0.3 is 0 Å². The number of aliphatic hydroxyl groups is 1. The Hall–Kier alpha value is -0.820. The normalized spacial score (nSPS) is 15.1. The lowest BCUT2D eigenvalue weighted by atomic mass is 9.79. The summed E-state index contributed by atoms with van der Waals surface area (Å²) >= 11 is 0. The monoisotopic (exact) mass is 192 g/mol. The Morgan fingerprint density at radius 1 is 1.21 bits per heavy atom. The second-order valence-electron chi connectivity index (χ2n) is 4.19. The molecule has 0 fully saturated rings. The van der Waals surface area contributed by atoms with Crippen LogP contribution >= 0.6 is 0 Å². The predicted octanol–water partition coefficient (Wildman–Crippen LogP) is 3.13. The van der Waals surface area contributed by atoms with Crippen molar-refractivity contribution in [3.05, 3.63) is 35.9 Å². The third-order valence-corrected chi connectivity index (χ3v) is 2.90. The Labute approximate surface area is 86.8 Å². The Kier molecular flexibility index (Phi) is 4.15. The summed E-state index contributed by atoms with van der Waals surface area (Å²) < 4.78 is 0. The summed E-state index contributed by atoms with van der Waals surface area (Å²) in [5.74, 6) is 0. The van der Waals surface area contributed by atoms with Crippen molar-refractivity contribution < 1.29 is 5.11 Å². The molecule has 0 unspecified atom stereocenters. The van der Waals surface area contributed by atoms with Crippen molar-refractivity contribution in [3.63, 3.8) is 0 Å². The van der Waals surface area contributed by atoms with E-state index in [4.69, 9.17) is 0 Å². The van der Waals surface area contributed by atoms with Crippen LogP contribution in [0.4, 0.5) is 0 Å². The van der Waals surface area contributed by atoms with E-state index in [1.165, 1.54) is 18.4 Å². The summed E-state index contributed by atoms with van der Waals surface area (Å²) in [6.45, 7) is 4.55. The zero-order valence-corrected chi connectivity index (χ0v) is 9.16. The van der Waals surface area contributed by atoms with Gasteiger partial charge < -0.3 is 5.11 Å². The van der Waals surface area contributed by atoms with Gasteiger partial charge in [-0.15, -0.1) is 0 Å². The smallest absolute Gasteiger partial charge is 0.0525 e. The molecule has 1 rings (SSSR count). The van der Waals surface area contributed by atoms with Crippen LogP contribution in [0.3, 0.4) is 0 Å². The van der Waals surface area contributed by atoms with Crippen LogP contribution < -0.4 is 0 Å². The highest BCUT2D eigenvalue weighted by atomic mass is 16.3. The van der Waals surface area contributed by atoms with Crippen LogP contribution in [0, 0.1) is 0 Å². The van der Waals surface area contributed by atoms with Gasteiger partial charge in [0, 0.05) is 5.41 Å². The minimum atomic E-state index is -0.0583. The number of aliphatic hydroxyl groups excluding tert-OH is 1. The molecular formula is C13H20O. The van der Waals surface area contributed by atoms with Crippen molar-refractivity contribution in [3.8, 4) is 0 Å². The molecule has 0 spiro atoms. The summed E-state index contributed by atoms with van der Waals surface area (Å²) in [5.41, 5.74) is 1.19. The number of benzene rings is 1. The van der Waals surface area contributed by atoms with E-state index >= 15 is 0 Å². The summed E-state index contributed by atoms with van der Waals surface area (Å²) in [7, 11) is 0. The number of rotatable bonds is 5. The molecular weight excluding hydrogens is 172 g/mol. The molecule has 1 N–H and O–H groups in total. The lowest BCUT2D eigenvalue weighted by Gasteiger charge is -2.27. The first kappa shape index (κ1) is 11.3. The van der Waals surface area contributed by atoms with E-state index in [2.05, 4.69) is 26.0 Å². The second kappa shape index (κ2) is 5.16. The van der Waals surface area contributed by atoms with Crippen LogP contribution in [0.1, 0.15) is 38.7 Å². The molecule has 0 bridgehead atoms. The molecule has 0 aliphatic carbocycles. The summed E-state index contributed by atoms with van der Waals surface area (Å²) in [4.78, 5) is 0. The van der Waals surface area contributed by atoms with Gasteiger partial charge in [0.05, 0.1) is 6.61 Å². The summed E-state index contributed by atoms with van der Waals surface area (Å²) in [5, 5.41) is 9.47. The minimum absolute atomic E-state index is 0.0583. The zero-order valence-electron chi connectivity index (χ0n) is 9.16. The lowest BCUT2D eigenvalue weighted by molar-refractivity contribution is 0.194. The molecule has 0 aromatic heterocycles. The molecule has 78 valence electrons. The molecule has 14 heavy (non-hydrogen) atoms. The maximum atomic E-state index is 9.47. The Morgan fingerprint density at radius 2 is 1.86 bits per heavy atom. The van der Waals surface area contributed by atoms with Gasteiger partial charge in [-0.05, 0) is 12.0 Å². The predicted molar refractivity (Wildman–Crippen MR) is 60.4 cm³/mol. The number of hydrogen-bond donors (Lipinski definition) is 1. The molecule has 0 aliphatic heterocycles. The van der Waals surface area contributed by atoms with E-state index in [1.807, 2.05) is 18.2 Å². The fraction of sp³-hybridized carbons (Fsp3) is 0.538. The first-order valence-corrected chi connectivity index (χ1v) is 5.39. The molecule has 0 aliphatic rings. The van der Waals surface area contributed by atoms with Crippen molar-refractivity contribution in [2.45, 2.75) is 38.5 Å². The highest BCUT2D eigenvalue weighted by Crippen LogP contribution is 2.28. The quantitative estimate of drug-likeness (QED) is 0.760. The highest BCUT2D eigenvalue weighted by Gasteiger charge is 2.24. The molecule has 0 amide bonds. The van der Waals surface area contributed by atoms with E-state index < -0.39 is 0 Å². The SMILES string of the molecule is CCCC[C@@](C)(CO)c1ccccc1. The molecule has 1 aromatic rings. The van der Waals surface area contributed by atoms with Crippen molar-refractivity contribution in [1.82, 2.24) is 0 Å². The van der Waals surface area contributed by atoms with Crippen LogP contribution in [0.15, 0.2) is 30.3 Å². The average Bonchev–Trinajstić information content (AvgIpc) is 2.27. The zero-order chi connectivity index (χ0) is 10.4. The molecule has 0 saturated heterocycles. The first-order valence-electron chi connectivity index (χ1n) is 5.39. The van der Waals surface area contributed by atoms with E-state index in [0.29, 0.717) is 0 Å². The fourth-order valence-corrected chi connectivity index (χ4v) is 1.72. The average molecular weight is 192 g/mol. The molecule has 1 nitrogen and oxygen atoms in total. The van der Waals surface area contributed by atoms with Crippen LogP contribution in [-0.4, -0.2) is 11.7 Å². The Morgan fingerprint density at radius 3 is 2.36 bits per heavy atom. The topological polar surface area (TPSA) is 20.2 Å². The van der Waals surface area contributed by atoms with Gasteiger partial charge in [0.15, 0.2) is 0 Å². The summed E-state index contributed by atoms with van der Waals surface area (Å²) in [6, 6.07) is 10.3. The largest absolute Gasteiger partial charge is 0.395 e. The van der Waals surface area contributed by atoms with Crippen LogP contribution in [0.5, 0.6) is 0 Å². The highest BCUT2D eigenvalue weighted by molar-refractivity contribution is 5.24. The van der Waals surface area contributed by atoms with E-state index in [1.54, 1.807) is 0 Å². The van der Waals surface area contributed by atoms with Gasteiger partial charge in [-0.3, -0.25) is 0 Å². The van der Waals surface area contributed by atoms with E-state index in [9.17, 15) is 5.11 Å². The molecule has 1 aromatic carbocycles. The third kappa shape index (κ3) is 2.58. The van der Waals surface area contributed by atoms with Crippen LogP contribution in [0.2, 0.25) is 0 Å². The maximum Gasteiger partial charge on any atom is 0.0525 e. The van der Waals surface area contributed by atoms with Gasteiger partial charge in [0.25, 0.3) is 0 Å². The van der Waals surface area contributed by atoms with Crippen LogP contribution in [0.25, 0.3) is 0 Å².